The summed E-state index contributed by atoms with van der Waals surface area (Å²) in [7, 11) is 0. The molecule has 2 rings (SSSR count). The standard InChI is InChI=1S/C16H17BrFN/c1-11(13-7-9-14(18)10-8-13)19-12(2)15-5-3-4-6-16(15)17/h3-12,19H,1-2H3/t11?,12-/m1/s1. The first-order valence-corrected chi connectivity index (χ1v) is 7.13. The summed E-state index contributed by atoms with van der Waals surface area (Å²) >= 11 is 3.56. The van der Waals surface area contributed by atoms with E-state index < -0.39 is 0 Å². The van der Waals surface area contributed by atoms with E-state index in [1.165, 1.54) is 17.7 Å². The number of hydrogen-bond donors (Lipinski definition) is 1. The normalized spacial score (nSPS) is 14.1. The lowest BCUT2D eigenvalue weighted by atomic mass is 10.0. The van der Waals surface area contributed by atoms with Gasteiger partial charge in [0.15, 0.2) is 0 Å². The van der Waals surface area contributed by atoms with Crippen LogP contribution in [0.1, 0.15) is 37.1 Å². The van der Waals surface area contributed by atoms with Gasteiger partial charge in [0.2, 0.25) is 0 Å². The fraction of sp³-hybridized carbons (Fsp3) is 0.250. The molecule has 0 fully saturated rings. The van der Waals surface area contributed by atoms with E-state index in [-0.39, 0.29) is 17.9 Å². The molecule has 0 amide bonds. The molecular formula is C16H17BrFN. The van der Waals surface area contributed by atoms with Gasteiger partial charge in [-0.25, -0.2) is 4.39 Å². The van der Waals surface area contributed by atoms with E-state index >= 15 is 0 Å². The molecule has 0 bridgehead atoms. The largest absolute Gasteiger partial charge is 0.304 e. The zero-order valence-corrected chi connectivity index (χ0v) is 12.6. The van der Waals surface area contributed by atoms with E-state index in [0.29, 0.717) is 0 Å². The maximum Gasteiger partial charge on any atom is 0.123 e. The maximum absolute atomic E-state index is 12.9. The molecule has 1 N–H and O–H groups in total. The second-order valence-corrected chi connectivity index (χ2v) is 5.54. The fourth-order valence-corrected chi connectivity index (χ4v) is 2.77. The maximum atomic E-state index is 12.9. The van der Waals surface area contributed by atoms with Gasteiger partial charge in [0.25, 0.3) is 0 Å². The van der Waals surface area contributed by atoms with Crippen LogP contribution in [0.4, 0.5) is 4.39 Å². The van der Waals surface area contributed by atoms with Crippen molar-refractivity contribution in [1.82, 2.24) is 5.32 Å². The lowest BCUT2D eigenvalue weighted by Crippen LogP contribution is -2.22. The number of halogens is 2. The van der Waals surface area contributed by atoms with Crippen molar-refractivity contribution in [2.75, 3.05) is 0 Å². The molecule has 0 saturated heterocycles. The molecular weight excluding hydrogens is 305 g/mol. The fourth-order valence-electron chi connectivity index (χ4n) is 2.14. The van der Waals surface area contributed by atoms with E-state index in [4.69, 9.17) is 0 Å². The molecule has 2 atom stereocenters. The summed E-state index contributed by atoms with van der Waals surface area (Å²) in [4.78, 5) is 0. The molecule has 0 aliphatic rings. The van der Waals surface area contributed by atoms with Crippen LogP contribution in [0.3, 0.4) is 0 Å². The number of hydrogen-bond acceptors (Lipinski definition) is 1. The molecule has 1 nitrogen and oxygen atoms in total. The van der Waals surface area contributed by atoms with Crippen LogP contribution in [0.15, 0.2) is 53.0 Å². The summed E-state index contributed by atoms with van der Waals surface area (Å²) in [6, 6.07) is 15.2. The summed E-state index contributed by atoms with van der Waals surface area (Å²) in [5.74, 6) is -0.199. The average molecular weight is 322 g/mol. The smallest absolute Gasteiger partial charge is 0.123 e. The van der Waals surface area contributed by atoms with Gasteiger partial charge in [0, 0.05) is 16.6 Å². The first-order chi connectivity index (χ1) is 9.08. The first-order valence-electron chi connectivity index (χ1n) is 6.34. The van der Waals surface area contributed by atoms with Gasteiger partial charge in [0.05, 0.1) is 0 Å². The Hall–Kier alpha value is -1.19. The van der Waals surface area contributed by atoms with Crippen molar-refractivity contribution in [1.29, 1.82) is 0 Å². The SMILES string of the molecule is CC(N[C@H](C)c1ccccc1Br)c1ccc(F)cc1. The van der Waals surface area contributed by atoms with Gasteiger partial charge in [0.1, 0.15) is 5.82 Å². The van der Waals surface area contributed by atoms with E-state index in [0.717, 1.165) is 10.0 Å². The Morgan fingerprint density at radius 1 is 0.947 bits per heavy atom. The predicted molar refractivity (Wildman–Crippen MR) is 80.5 cm³/mol. The number of benzene rings is 2. The predicted octanol–water partition coefficient (Wildman–Crippen LogP) is 5.00. The van der Waals surface area contributed by atoms with E-state index in [1.807, 2.05) is 30.3 Å². The van der Waals surface area contributed by atoms with Gasteiger partial charge in [-0.1, -0.05) is 46.3 Å². The topological polar surface area (TPSA) is 12.0 Å². The highest BCUT2D eigenvalue weighted by atomic mass is 79.9. The molecule has 3 heteroatoms. The summed E-state index contributed by atoms with van der Waals surface area (Å²) in [5.41, 5.74) is 2.30. The van der Waals surface area contributed by atoms with Crippen molar-refractivity contribution in [2.45, 2.75) is 25.9 Å². The lowest BCUT2D eigenvalue weighted by Gasteiger charge is -2.21. The molecule has 0 aliphatic heterocycles. The highest BCUT2D eigenvalue weighted by Gasteiger charge is 2.13. The third-order valence-corrected chi connectivity index (χ3v) is 3.96. The van der Waals surface area contributed by atoms with Crippen LogP contribution in [0.5, 0.6) is 0 Å². The summed E-state index contributed by atoms with van der Waals surface area (Å²) in [6.45, 7) is 4.21. The minimum Gasteiger partial charge on any atom is -0.304 e. The third-order valence-electron chi connectivity index (χ3n) is 3.24. The highest BCUT2D eigenvalue weighted by molar-refractivity contribution is 9.10. The second kappa shape index (κ2) is 6.31. The van der Waals surface area contributed by atoms with Crippen LogP contribution < -0.4 is 5.32 Å². The van der Waals surface area contributed by atoms with Gasteiger partial charge < -0.3 is 5.32 Å². The van der Waals surface area contributed by atoms with Crippen LogP contribution in [0, 0.1) is 5.82 Å². The molecule has 0 heterocycles. The Morgan fingerprint density at radius 3 is 2.21 bits per heavy atom. The minimum absolute atomic E-state index is 0.169. The first kappa shape index (κ1) is 14.2. The van der Waals surface area contributed by atoms with E-state index in [1.54, 1.807) is 0 Å². The monoisotopic (exact) mass is 321 g/mol. The van der Waals surface area contributed by atoms with Crippen LogP contribution in [0.2, 0.25) is 0 Å². The molecule has 0 saturated carbocycles. The molecule has 2 aromatic rings. The molecule has 0 aromatic heterocycles. The summed E-state index contributed by atoms with van der Waals surface area (Å²) < 4.78 is 14.0. The molecule has 19 heavy (non-hydrogen) atoms. The average Bonchev–Trinajstić information content (AvgIpc) is 2.39. The van der Waals surface area contributed by atoms with Crippen molar-refractivity contribution >= 4 is 15.9 Å². The number of rotatable bonds is 4. The van der Waals surface area contributed by atoms with Crippen molar-refractivity contribution in [3.63, 3.8) is 0 Å². The van der Waals surface area contributed by atoms with Crippen LogP contribution >= 0.6 is 15.9 Å². The molecule has 2 aromatic carbocycles. The Bertz CT molecular complexity index is 539. The van der Waals surface area contributed by atoms with E-state index in [2.05, 4.69) is 41.2 Å². The second-order valence-electron chi connectivity index (χ2n) is 4.68. The Balaban J connectivity index is 2.08. The van der Waals surface area contributed by atoms with Gasteiger partial charge in [-0.15, -0.1) is 0 Å². The van der Waals surface area contributed by atoms with Gasteiger partial charge in [-0.2, -0.15) is 0 Å². The Kier molecular flexibility index (Phi) is 4.72. The van der Waals surface area contributed by atoms with Crippen molar-refractivity contribution in [3.8, 4) is 0 Å². The molecule has 0 aliphatic carbocycles. The van der Waals surface area contributed by atoms with E-state index in [9.17, 15) is 4.39 Å². The Morgan fingerprint density at radius 2 is 1.58 bits per heavy atom. The molecule has 0 spiro atoms. The summed E-state index contributed by atoms with van der Waals surface area (Å²) in [6.07, 6.45) is 0. The van der Waals surface area contributed by atoms with Crippen molar-refractivity contribution in [2.24, 2.45) is 0 Å². The van der Waals surface area contributed by atoms with Gasteiger partial charge >= 0.3 is 0 Å². The van der Waals surface area contributed by atoms with Crippen molar-refractivity contribution < 1.29 is 4.39 Å². The number of nitrogens with one attached hydrogen (secondary N) is 1. The molecule has 1 unspecified atom stereocenters. The zero-order chi connectivity index (χ0) is 13.8. The molecule has 0 radical (unpaired) electrons. The summed E-state index contributed by atoms with van der Waals surface area (Å²) in [5, 5.41) is 3.52. The van der Waals surface area contributed by atoms with Crippen molar-refractivity contribution in [3.05, 3.63) is 69.9 Å². The third kappa shape index (κ3) is 3.64. The van der Waals surface area contributed by atoms with Crippen LogP contribution in [-0.4, -0.2) is 0 Å². The quantitative estimate of drug-likeness (QED) is 0.835. The Labute approximate surface area is 122 Å². The van der Waals surface area contributed by atoms with Gasteiger partial charge in [-0.05, 0) is 43.2 Å². The molecule has 100 valence electrons. The highest BCUT2D eigenvalue weighted by Crippen LogP contribution is 2.25. The zero-order valence-electron chi connectivity index (χ0n) is 11.0. The van der Waals surface area contributed by atoms with Crippen LogP contribution in [-0.2, 0) is 0 Å². The van der Waals surface area contributed by atoms with Gasteiger partial charge in [-0.3, -0.25) is 0 Å². The minimum atomic E-state index is -0.199. The van der Waals surface area contributed by atoms with Crippen LogP contribution in [0.25, 0.3) is 0 Å². The lowest BCUT2D eigenvalue weighted by molar-refractivity contribution is 0.492.